The number of nitrogens with zero attached hydrogens (tertiary/aromatic N) is 2. The Bertz CT molecular complexity index is 618. The smallest absolute Gasteiger partial charge is 0.304 e. The van der Waals surface area contributed by atoms with Crippen LogP contribution in [0.3, 0.4) is 0 Å². The van der Waals surface area contributed by atoms with Crippen molar-refractivity contribution >= 4 is 22.0 Å². The highest BCUT2D eigenvalue weighted by molar-refractivity contribution is 7.16. The van der Waals surface area contributed by atoms with Crippen LogP contribution in [0.4, 0.5) is 10.7 Å². The number of hydrogen-bond donors (Lipinski definition) is 1. The highest BCUT2D eigenvalue weighted by Crippen LogP contribution is 2.40. The van der Waals surface area contributed by atoms with Gasteiger partial charge in [-0.1, -0.05) is 0 Å². The molecule has 108 valence electrons. The van der Waals surface area contributed by atoms with E-state index in [2.05, 4.69) is 0 Å². The summed E-state index contributed by atoms with van der Waals surface area (Å²) in [4.78, 5) is 13.0. The molecule has 7 heteroatoms. The first kappa shape index (κ1) is 14.5. The van der Waals surface area contributed by atoms with Gasteiger partial charge in [-0.15, -0.1) is 11.3 Å². The van der Waals surface area contributed by atoms with Crippen molar-refractivity contribution in [3.05, 3.63) is 44.7 Å². The monoisotopic (exact) mass is 296 g/mol. The molecule has 0 aromatic carbocycles. The Labute approximate surface area is 120 Å². The molecular weight excluding hydrogens is 280 g/mol. The van der Waals surface area contributed by atoms with Crippen LogP contribution in [-0.4, -0.2) is 17.1 Å². The predicted octanol–water partition coefficient (Wildman–Crippen LogP) is 3.25. The van der Waals surface area contributed by atoms with Gasteiger partial charge in [0.15, 0.2) is 5.00 Å². The zero-order valence-electron chi connectivity index (χ0n) is 11.5. The lowest BCUT2D eigenvalue weighted by atomic mass is 10.3. The maximum Gasteiger partial charge on any atom is 0.304 e. The van der Waals surface area contributed by atoms with Gasteiger partial charge < -0.3 is 14.4 Å². The van der Waals surface area contributed by atoms with E-state index >= 15 is 0 Å². The van der Waals surface area contributed by atoms with Crippen LogP contribution in [0, 0.1) is 17.0 Å². The molecule has 0 fully saturated rings. The molecule has 0 amide bonds. The molecule has 0 unspecified atom stereocenters. The molecule has 2 aromatic rings. The third kappa shape index (κ3) is 3.00. The second-order valence-corrected chi connectivity index (χ2v) is 5.70. The highest BCUT2D eigenvalue weighted by Gasteiger charge is 2.24. The Morgan fingerprint density at radius 1 is 1.55 bits per heavy atom. The Kier molecular flexibility index (Phi) is 4.10. The third-order valence-electron chi connectivity index (χ3n) is 2.86. The molecule has 0 aliphatic heterocycles. The zero-order valence-corrected chi connectivity index (χ0v) is 12.3. The fraction of sp³-hybridized carbons (Fsp3) is 0.385. The number of hydrogen-bond acceptors (Lipinski definition) is 6. The van der Waals surface area contributed by atoms with Crippen LogP contribution < -0.4 is 4.90 Å². The Morgan fingerprint density at radius 2 is 2.25 bits per heavy atom. The van der Waals surface area contributed by atoms with Crippen molar-refractivity contribution in [1.29, 1.82) is 0 Å². The van der Waals surface area contributed by atoms with E-state index in [4.69, 9.17) is 4.42 Å². The SMILES string of the molecule is Cc1ccc(CN(C)c2sc([C@H](C)O)cc2[N+](=O)[O-])o1. The molecule has 1 atom stereocenters. The molecule has 0 bridgehead atoms. The molecule has 1 N–H and O–H groups in total. The molecule has 20 heavy (non-hydrogen) atoms. The van der Waals surface area contributed by atoms with Crippen LogP contribution >= 0.6 is 11.3 Å². The highest BCUT2D eigenvalue weighted by atomic mass is 32.1. The van der Waals surface area contributed by atoms with Crippen molar-refractivity contribution in [3.8, 4) is 0 Å². The third-order valence-corrected chi connectivity index (χ3v) is 4.27. The minimum atomic E-state index is -0.716. The van der Waals surface area contributed by atoms with E-state index in [1.807, 2.05) is 19.1 Å². The minimum Gasteiger partial charge on any atom is -0.464 e. The van der Waals surface area contributed by atoms with Crippen molar-refractivity contribution in [1.82, 2.24) is 0 Å². The summed E-state index contributed by atoms with van der Waals surface area (Å²) in [7, 11) is 1.77. The first-order valence-corrected chi connectivity index (χ1v) is 6.92. The average molecular weight is 296 g/mol. The molecule has 0 saturated heterocycles. The van der Waals surface area contributed by atoms with Crippen molar-refractivity contribution in [3.63, 3.8) is 0 Å². The average Bonchev–Trinajstić information content (AvgIpc) is 2.95. The fourth-order valence-corrected chi connectivity index (χ4v) is 2.90. The topological polar surface area (TPSA) is 79.8 Å². The van der Waals surface area contributed by atoms with E-state index in [9.17, 15) is 15.2 Å². The minimum absolute atomic E-state index is 0.0108. The molecule has 0 aliphatic carbocycles. The summed E-state index contributed by atoms with van der Waals surface area (Å²) in [6, 6.07) is 5.13. The Hall–Kier alpha value is -1.86. The summed E-state index contributed by atoms with van der Waals surface area (Å²) in [6.07, 6.45) is -0.716. The Morgan fingerprint density at radius 3 is 2.75 bits per heavy atom. The van der Waals surface area contributed by atoms with Crippen LogP contribution in [-0.2, 0) is 6.54 Å². The van der Waals surface area contributed by atoms with Gasteiger partial charge in [-0.2, -0.15) is 0 Å². The Balaban J connectivity index is 2.28. The van der Waals surface area contributed by atoms with Crippen LogP contribution in [0.15, 0.2) is 22.6 Å². The van der Waals surface area contributed by atoms with Gasteiger partial charge in [-0.05, 0) is 26.0 Å². The summed E-state index contributed by atoms with van der Waals surface area (Å²) in [5.41, 5.74) is 0.0108. The maximum absolute atomic E-state index is 11.1. The number of thiophene rings is 1. The van der Waals surface area contributed by atoms with Crippen LogP contribution in [0.25, 0.3) is 0 Å². The van der Waals surface area contributed by atoms with E-state index in [0.29, 0.717) is 16.4 Å². The van der Waals surface area contributed by atoms with Crippen molar-refractivity contribution in [2.45, 2.75) is 26.5 Å². The predicted molar refractivity (Wildman–Crippen MR) is 77.2 cm³/mol. The van der Waals surface area contributed by atoms with E-state index in [0.717, 1.165) is 11.5 Å². The number of furan rings is 1. The molecule has 6 nitrogen and oxygen atoms in total. The van der Waals surface area contributed by atoms with Gasteiger partial charge in [0.2, 0.25) is 0 Å². The standard InChI is InChI=1S/C13H16N2O4S/c1-8-4-5-10(19-8)7-14(3)13-11(15(17)18)6-12(20-13)9(2)16/h4-6,9,16H,7H2,1-3H3/t9-/m0/s1. The van der Waals surface area contributed by atoms with Gasteiger partial charge in [-0.25, -0.2) is 0 Å². The molecule has 0 radical (unpaired) electrons. The van der Waals surface area contributed by atoms with E-state index in [1.54, 1.807) is 18.9 Å². The molecule has 0 aliphatic rings. The van der Waals surface area contributed by atoms with Gasteiger partial charge in [0.1, 0.15) is 11.5 Å². The van der Waals surface area contributed by atoms with Crippen molar-refractivity contribution in [2.75, 3.05) is 11.9 Å². The fourth-order valence-electron chi connectivity index (χ4n) is 1.88. The number of anilines is 1. The number of aliphatic hydroxyl groups is 1. The summed E-state index contributed by atoms with van der Waals surface area (Å²) >= 11 is 1.22. The lowest BCUT2D eigenvalue weighted by Gasteiger charge is -2.14. The normalized spacial score (nSPS) is 12.4. The van der Waals surface area contributed by atoms with E-state index < -0.39 is 11.0 Å². The summed E-state index contributed by atoms with van der Waals surface area (Å²) in [5, 5.41) is 21.2. The maximum atomic E-state index is 11.1. The van der Waals surface area contributed by atoms with Gasteiger partial charge in [0.25, 0.3) is 0 Å². The molecule has 0 spiro atoms. The van der Waals surface area contributed by atoms with E-state index in [-0.39, 0.29) is 5.69 Å². The van der Waals surface area contributed by atoms with Crippen molar-refractivity contribution in [2.24, 2.45) is 0 Å². The first-order valence-electron chi connectivity index (χ1n) is 6.11. The number of aryl methyl sites for hydroxylation is 1. The van der Waals surface area contributed by atoms with Crippen LogP contribution in [0.1, 0.15) is 29.4 Å². The lowest BCUT2D eigenvalue weighted by molar-refractivity contribution is -0.383. The van der Waals surface area contributed by atoms with Gasteiger partial charge in [0, 0.05) is 18.0 Å². The molecule has 2 heterocycles. The summed E-state index contributed by atoms with van der Waals surface area (Å²) in [6.45, 7) is 3.88. The van der Waals surface area contributed by atoms with Gasteiger partial charge in [0.05, 0.1) is 17.6 Å². The molecule has 2 aromatic heterocycles. The molecule has 0 saturated carbocycles. The van der Waals surface area contributed by atoms with Crippen molar-refractivity contribution < 1.29 is 14.4 Å². The molecular formula is C13H16N2O4S. The number of aliphatic hydroxyl groups excluding tert-OH is 1. The molecule has 2 rings (SSSR count). The quantitative estimate of drug-likeness (QED) is 0.676. The second kappa shape index (κ2) is 5.64. The van der Waals surface area contributed by atoms with Gasteiger partial charge in [-0.3, -0.25) is 10.1 Å². The summed E-state index contributed by atoms with van der Waals surface area (Å²) in [5.74, 6) is 1.55. The zero-order chi connectivity index (χ0) is 14.9. The largest absolute Gasteiger partial charge is 0.464 e. The number of nitro groups is 1. The second-order valence-electron chi connectivity index (χ2n) is 4.64. The van der Waals surface area contributed by atoms with Crippen LogP contribution in [0.5, 0.6) is 0 Å². The van der Waals surface area contributed by atoms with Gasteiger partial charge >= 0.3 is 5.69 Å². The van der Waals surface area contributed by atoms with E-state index in [1.165, 1.54) is 17.4 Å². The van der Waals surface area contributed by atoms with Crippen LogP contribution in [0.2, 0.25) is 0 Å². The summed E-state index contributed by atoms with van der Waals surface area (Å²) < 4.78 is 5.47. The first-order chi connectivity index (χ1) is 9.38. The lowest BCUT2D eigenvalue weighted by Crippen LogP contribution is -2.15. The number of rotatable bonds is 5.